The number of para-hydroxylation sites is 1. The van der Waals surface area contributed by atoms with Crippen LogP contribution in [0.2, 0.25) is 0 Å². The number of carbonyl (C=O) groups excluding carboxylic acids is 3. The van der Waals surface area contributed by atoms with Crippen molar-refractivity contribution in [3.05, 3.63) is 60.8 Å². The van der Waals surface area contributed by atoms with Crippen LogP contribution in [0.25, 0.3) is 10.9 Å². The molecule has 7 heteroatoms. The summed E-state index contributed by atoms with van der Waals surface area (Å²) in [6.07, 6.45) is 1.65. The SMILES string of the molecule is CC(=O)Nc1ccc(NC(=O)C(C)(C)C(=O)Nc2cccc3cccnc23)cc1. The van der Waals surface area contributed by atoms with Crippen molar-refractivity contribution in [2.45, 2.75) is 20.8 Å². The first-order valence-corrected chi connectivity index (χ1v) is 9.11. The van der Waals surface area contributed by atoms with Gasteiger partial charge in [-0.2, -0.15) is 0 Å². The van der Waals surface area contributed by atoms with Crippen molar-refractivity contribution in [3.63, 3.8) is 0 Å². The Morgan fingerprint density at radius 1 is 0.793 bits per heavy atom. The largest absolute Gasteiger partial charge is 0.326 e. The molecular weight excluding hydrogens is 368 g/mol. The van der Waals surface area contributed by atoms with Gasteiger partial charge in [-0.15, -0.1) is 0 Å². The lowest BCUT2D eigenvalue weighted by atomic mass is 9.90. The summed E-state index contributed by atoms with van der Waals surface area (Å²) in [6.45, 7) is 4.53. The van der Waals surface area contributed by atoms with E-state index in [0.29, 0.717) is 22.6 Å². The molecule has 0 bridgehead atoms. The summed E-state index contributed by atoms with van der Waals surface area (Å²) in [6, 6.07) is 15.9. The van der Waals surface area contributed by atoms with Gasteiger partial charge in [-0.05, 0) is 50.2 Å². The van der Waals surface area contributed by atoms with Crippen molar-refractivity contribution in [2.75, 3.05) is 16.0 Å². The van der Waals surface area contributed by atoms with Crippen LogP contribution in [0.15, 0.2) is 60.8 Å². The fourth-order valence-electron chi connectivity index (χ4n) is 2.71. The number of carbonyl (C=O) groups is 3. The van der Waals surface area contributed by atoms with E-state index in [1.165, 1.54) is 6.92 Å². The second-order valence-corrected chi connectivity index (χ2v) is 7.17. The molecule has 0 aliphatic carbocycles. The van der Waals surface area contributed by atoms with Gasteiger partial charge in [0.1, 0.15) is 5.41 Å². The Hall–Kier alpha value is -3.74. The molecule has 29 heavy (non-hydrogen) atoms. The van der Waals surface area contributed by atoms with Crippen LogP contribution in [0, 0.1) is 5.41 Å². The zero-order chi connectivity index (χ0) is 21.0. The molecule has 0 saturated carbocycles. The number of hydrogen-bond acceptors (Lipinski definition) is 4. The first kappa shape index (κ1) is 20.0. The van der Waals surface area contributed by atoms with Gasteiger partial charge in [0.25, 0.3) is 0 Å². The lowest BCUT2D eigenvalue weighted by molar-refractivity contribution is -0.135. The first-order chi connectivity index (χ1) is 13.8. The highest BCUT2D eigenvalue weighted by molar-refractivity contribution is 6.15. The summed E-state index contributed by atoms with van der Waals surface area (Å²) < 4.78 is 0. The number of rotatable bonds is 5. The first-order valence-electron chi connectivity index (χ1n) is 9.11. The number of pyridine rings is 1. The van der Waals surface area contributed by atoms with Gasteiger partial charge in [0, 0.05) is 29.9 Å². The van der Waals surface area contributed by atoms with Crippen LogP contribution in [0.1, 0.15) is 20.8 Å². The molecule has 1 aromatic heterocycles. The molecular formula is C22H22N4O3. The third-order valence-corrected chi connectivity index (χ3v) is 4.48. The van der Waals surface area contributed by atoms with Crippen LogP contribution >= 0.6 is 0 Å². The number of amides is 3. The van der Waals surface area contributed by atoms with Crippen molar-refractivity contribution in [2.24, 2.45) is 5.41 Å². The number of aromatic nitrogens is 1. The minimum absolute atomic E-state index is 0.178. The molecule has 0 saturated heterocycles. The highest BCUT2D eigenvalue weighted by atomic mass is 16.2. The second kappa shape index (κ2) is 8.10. The predicted octanol–water partition coefficient (Wildman–Crippen LogP) is 3.80. The van der Waals surface area contributed by atoms with Crippen LogP contribution in [0.5, 0.6) is 0 Å². The summed E-state index contributed by atoms with van der Waals surface area (Å²) in [7, 11) is 0. The van der Waals surface area contributed by atoms with Crippen LogP contribution in [-0.2, 0) is 14.4 Å². The number of nitrogens with one attached hydrogen (secondary N) is 3. The lowest BCUT2D eigenvalue weighted by Crippen LogP contribution is -2.41. The molecule has 7 nitrogen and oxygen atoms in total. The van der Waals surface area contributed by atoms with E-state index < -0.39 is 17.2 Å². The van der Waals surface area contributed by atoms with Crippen molar-refractivity contribution in [3.8, 4) is 0 Å². The second-order valence-electron chi connectivity index (χ2n) is 7.17. The topological polar surface area (TPSA) is 100 Å². The molecule has 3 aromatic rings. The Labute approximate surface area is 168 Å². The Morgan fingerprint density at radius 2 is 1.38 bits per heavy atom. The van der Waals surface area contributed by atoms with Gasteiger partial charge in [0.2, 0.25) is 17.7 Å². The maximum absolute atomic E-state index is 12.8. The van der Waals surface area contributed by atoms with E-state index in [2.05, 4.69) is 20.9 Å². The highest BCUT2D eigenvalue weighted by Crippen LogP contribution is 2.25. The van der Waals surface area contributed by atoms with E-state index in [9.17, 15) is 14.4 Å². The minimum atomic E-state index is -1.33. The molecule has 1 heterocycles. The number of anilines is 3. The van der Waals surface area contributed by atoms with Crippen LogP contribution in [-0.4, -0.2) is 22.7 Å². The summed E-state index contributed by atoms with van der Waals surface area (Å²) >= 11 is 0. The van der Waals surface area contributed by atoms with E-state index in [4.69, 9.17) is 0 Å². The fraction of sp³-hybridized carbons (Fsp3) is 0.182. The van der Waals surface area contributed by atoms with E-state index in [1.54, 1.807) is 50.4 Å². The van der Waals surface area contributed by atoms with E-state index in [-0.39, 0.29) is 5.91 Å². The van der Waals surface area contributed by atoms with Crippen LogP contribution < -0.4 is 16.0 Å². The van der Waals surface area contributed by atoms with Crippen molar-refractivity contribution in [1.29, 1.82) is 0 Å². The van der Waals surface area contributed by atoms with Crippen LogP contribution in [0.4, 0.5) is 17.1 Å². The van der Waals surface area contributed by atoms with Crippen LogP contribution in [0.3, 0.4) is 0 Å². The maximum atomic E-state index is 12.8. The molecule has 0 spiro atoms. The summed E-state index contributed by atoms with van der Waals surface area (Å²) in [5.74, 6) is -1.07. The van der Waals surface area contributed by atoms with E-state index in [0.717, 1.165) is 5.39 Å². The molecule has 0 aliphatic rings. The average molecular weight is 390 g/mol. The van der Waals surface area contributed by atoms with Crippen molar-refractivity contribution < 1.29 is 14.4 Å². The Balaban J connectivity index is 1.72. The monoisotopic (exact) mass is 390 g/mol. The van der Waals surface area contributed by atoms with Gasteiger partial charge in [-0.3, -0.25) is 19.4 Å². The maximum Gasteiger partial charge on any atom is 0.239 e. The third-order valence-electron chi connectivity index (χ3n) is 4.48. The number of fused-ring (bicyclic) bond motifs is 1. The highest BCUT2D eigenvalue weighted by Gasteiger charge is 2.36. The van der Waals surface area contributed by atoms with E-state index >= 15 is 0 Å². The number of benzene rings is 2. The predicted molar refractivity (Wildman–Crippen MR) is 114 cm³/mol. The van der Waals surface area contributed by atoms with Gasteiger partial charge in [-0.25, -0.2) is 0 Å². The van der Waals surface area contributed by atoms with Crippen molar-refractivity contribution >= 4 is 45.7 Å². The van der Waals surface area contributed by atoms with Gasteiger partial charge < -0.3 is 16.0 Å². The lowest BCUT2D eigenvalue weighted by Gasteiger charge is -2.23. The summed E-state index contributed by atoms with van der Waals surface area (Å²) in [5.41, 5.74) is 1.03. The summed E-state index contributed by atoms with van der Waals surface area (Å²) in [5, 5.41) is 9.10. The number of nitrogens with zero attached hydrogens (tertiary/aromatic N) is 1. The van der Waals surface area contributed by atoms with Crippen molar-refractivity contribution in [1.82, 2.24) is 4.98 Å². The molecule has 0 atom stereocenters. The molecule has 148 valence electrons. The molecule has 0 unspecified atom stereocenters. The Bertz CT molecular complexity index is 1070. The third kappa shape index (κ3) is 4.57. The Morgan fingerprint density at radius 3 is 2.03 bits per heavy atom. The van der Waals surface area contributed by atoms with Gasteiger partial charge in [0.05, 0.1) is 11.2 Å². The van der Waals surface area contributed by atoms with Gasteiger partial charge >= 0.3 is 0 Å². The van der Waals surface area contributed by atoms with Gasteiger partial charge in [0.15, 0.2) is 0 Å². The molecule has 0 aliphatic heterocycles. The smallest absolute Gasteiger partial charge is 0.239 e. The quantitative estimate of drug-likeness (QED) is 0.577. The fourth-order valence-corrected chi connectivity index (χ4v) is 2.71. The number of hydrogen-bond donors (Lipinski definition) is 3. The normalized spacial score (nSPS) is 11.0. The molecule has 0 fully saturated rings. The molecule has 2 aromatic carbocycles. The zero-order valence-corrected chi connectivity index (χ0v) is 16.4. The average Bonchev–Trinajstić information content (AvgIpc) is 2.69. The minimum Gasteiger partial charge on any atom is -0.326 e. The molecule has 3 amide bonds. The zero-order valence-electron chi connectivity index (χ0n) is 16.4. The van der Waals surface area contributed by atoms with Gasteiger partial charge in [-0.1, -0.05) is 18.2 Å². The Kier molecular flexibility index (Phi) is 5.59. The molecule has 3 rings (SSSR count). The standard InChI is InChI=1S/C22H22N4O3/c1-14(27)24-16-9-11-17(12-10-16)25-20(28)22(2,3)21(29)26-18-8-4-6-15-7-5-13-23-19(15)18/h4-13H,1-3H3,(H,24,27)(H,25,28)(H,26,29). The summed E-state index contributed by atoms with van der Waals surface area (Å²) in [4.78, 5) is 41.0. The molecule has 3 N–H and O–H groups in total. The molecule has 0 radical (unpaired) electrons. The van der Waals surface area contributed by atoms with E-state index in [1.807, 2.05) is 24.3 Å².